The molecule has 3 amide bonds. The predicted molar refractivity (Wildman–Crippen MR) is 114 cm³/mol. The number of hydrogen-bond donors (Lipinski definition) is 2. The minimum absolute atomic E-state index is 0.0903. The molecule has 2 N–H and O–H groups in total. The number of amides is 3. The van der Waals surface area contributed by atoms with E-state index >= 15 is 0 Å². The maximum absolute atomic E-state index is 12.6. The summed E-state index contributed by atoms with van der Waals surface area (Å²) in [5.41, 5.74) is 5.39. The van der Waals surface area contributed by atoms with Crippen LogP contribution in [-0.4, -0.2) is 43.0 Å². The fourth-order valence-corrected chi connectivity index (χ4v) is 3.63. The van der Waals surface area contributed by atoms with Gasteiger partial charge in [-0.05, 0) is 48.7 Å². The van der Waals surface area contributed by atoms with Gasteiger partial charge in [-0.2, -0.15) is 0 Å². The zero-order valence-corrected chi connectivity index (χ0v) is 16.8. The van der Waals surface area contributed by atoms with Gasteiger partial charge in [0.25, 0.3) is 0 Å². The highest BCUT2D eigenvalue weighted by Gasteiger charge is 2.23. The molecule has 148 valence electrons. The molecule has 0 aliphatic carbocycles. The summed E-state index contributed by atoms with van der Waals surface area (Å²) in [5, 5.41) is 5.65. The maximum atomic E-state index is 12.6. The monoisotopic (exact) mass is 380 g/mol. The summed E-state index contributed by atoms with van der Waals surface area (Å²) in [6, 6.07) is 13.5. The van der Waals surface area contributed by atoms with Crippen LogP contribution in [-0.2, 0) is 11.2 Å². The van der Waals surface area contributed by atoms with E-state index in [1.807, 2.05) is 4.90 Å². The summed E-state index contributed by atoms with van der Waals surface area (Å²) >= 11 is 0. The number of hydrogen-bond acceptors (Lipinski definition) is 3. The van der Waals surface area contributed by atoms with E-state index in [9.17, 15) is 9.59 Å². The number of benzene rings is 2. The fraction of sp³-hybridized carbons (Fsp3) is 0.364. The van der Waals surface area contributed by atoms with Gasteiger partial charge in [0.05, 0.1) is 0 Å². The number of para-hydroxylation sites is 1. The second-order valence-electron chi connectivity index (χ2n) is 7.10. The molecule has 2 aromatic rings. The summed E-state index contributed by atoms with van der Waals surface area (Å²) in [5.74, 6) is -0.116. The third-order valence-corrected chi connectivity index (χ3v) is 5.04. The standard InChI is InChI=1S/C22H28N4O2/c1-4-18-7-5-6-16(2)21(18)25-12-14-26(15-13-25)22(28)24-20-10-8-19(9-11-20)23-17(3)27/h5-11H,4,12-15H2,1-3H3,(H,23,27)(H,24,28). The van der Waals surface area contributed by atoms with E-state index in [0.717, 1.165) is 19.5 Å². The predicted octanol–water partition coefficient (Wildman–Crippen LogP) is 3.87. The van der Waals surface area contributed by atoms with E-state index in [0.29, 0.717) is 24.5 Å². The quantitative estimate of drug-likeness (QED) is 0.846. The van der Waals surface area contributed by atoms with Crippen molar-refractivity contribution in [1.82, 2.24) is 4.90 Å². The molecule has 3 rings (SSSR count). The van der Waals surface area contributed by atoms with Crippen molar-refractivity contribution >= 4 is 29.0 Å². The molecule has 1 heterocycles. The molecule has 0 saturated carbocycles. The Morgan fingerprint density at radius 2 is 1.54 bits per heavy atom. The molecule has 0 aromatic heterocycles. The van der Waals surface area contributed by atoms with Gasteiger partial charge in [0.15, 0.2) is 0 Å². The number of piperazine rings is 1. The van der Waals surface area contributed by atoms with Crippen LogP contribution in [0.3, 0.4) is 0 Å². The van der Waals surface area contributed by atoms with Crippen molar-refractivity contribution in [3.8, 4) is 0 Å². The highest BCUT2D eigenvalue weighted by molar-refractivity contribution is 5.91. The number of nitrogens with one attached hydrogen (secondary N) is 2. The molecular weight excluding hydrogens is 352 g/mol. The summed E-state index contributed by atoms with van der Waals surface area (Å²) in [7, 11) is 0. The lowest BCUT2D eigenvalue weighted by Crippen LogP contribution is -2.50. The molecule has 28 heavy (non-hydrogen) atoms. The van der Waals surface area contributed by atoms with Crippen LogP contribution in [0, 0.1) is 6.92 Å². The Morgan fingerprint density at radius 3 is 2.11 bits per heavy atom. The molecule has 1 fully saturated rings. The summed E-state index contributed by atoms with van der Waals surface area (Å²) in [6.07, 6.45) is 1.01. The van der Waals surface area contributed by atoms with Crippen molar-refractivity contribution < 1.29 is 9.59 Å². The van der Waals surface area contributed by atoms with Crippen molar-refractivity contribution in [3.05, 3.63) is 53.6 Å². The van der Waals surface area contributed by atoms with Crippen molar-refractivity contribution in [2.75, 3.05) is 41.7 Å². The molecular formula is C22H28N4O2. The average Bonchev–Trinajstić information content (AvgIpc) is 2.69. The van der Waals surface area contributed by atoms with Gasteiger partial charge >= 0.3 is 6.03 Å². The summed E-state index contributed by atoms with van der Waals surface area (Å²) in [4.78, 5) is 27.9. The fourth-order valence-electron chi connectivity index (χ4n) is 3.63. The molecule has 1 saturated heterocycles. The van der Waals surface area contributed by atoms with Crippen molar-refractivity contribution in [1.29, 1.82) is 0 Å². The topological polar surface area (TPSA) is 64.7 Å². The number of urea groups is 1. The Bertz CT molecular complexity index is 840. The van der Waals surface area contributed by atoms with Gasteiger partial charge in [0.2, 0.25) is 5.91 Å². The zero-order chi connectivity index (χ0) is 20.1. The number of carbonyl (C=O) groups is 2. The van der Waals surface area contributed by atoms with Crippen LogP contribution in [0.25, 0.3) is 0 Å². The molecule has 1 aliphatic rings. The number of rotatable bonds is 4. The number of nitrogens with zero attached hydrogens (tertiary/aromatic N) is 2. The molecule has 2 aromatic carbocycles. The third-order valence-electron chi connectivity index (χ3n) is 5.04. The maximum Gasteiger partial charge on any atom is 0.321 e. The van der Waals surface area contributed by atoms with Gasteiger partial charge in [-0.3, -0.25) is 4.79 Å². The van der Waals surface area contributed by atoms with Crippen LogP contribution in [0.4, 0.5) is 21.9 Å². The van der Waals surface area contributed by atoms with E-state index in [-0.39, 0.29) is 11.9 Å². The first-order valence-corrected chi connectivity index (χ1v) is 9.75. The van der Waals surface area contributed by atoms with E-state index in [1.54, 1.807) is 24.3 Å². The Morgan fingerprint density at radius 1 is 0.929 bits per heavy atom. The minimum Gasteiger partial charge on any atom is -0.368 e. The lowest BCUT2D eigenvalue weighted by Gasteiger charge is -2.37. The molecule has 6 heteroatoms. The van der Waals surface area contributed by atoms with E-state index in [2.05, 4.69) is 47.6 Å². The van der Waals surface area contributed by atoms with Crippen LogP contribution < -0.4 is 15.5 Å². The molecule has 0 radical (unpaired) electrons. The van der Waals surface area contributed by atoms with E-state index in [4.69, 9.17) is 0 Å². The average molecular weight is 380 g/mol. The summed E-state index contributed by atoms with van der Waals surface area (Å²) in [6.45, 7) is 8.83. The second-order valence-corrected chi connectivity index (χ2v) is 7.10. The minimum atomic E-state index is -0.116. The van der Waals surface area contributed by atoms with E-state index < -0.39 is 0 Å². The third kappa shape index (κ3) is 4.63. The molecule has 0 spiro atoms. The van der Waals surface area contributed by atoms with Crippen molar-refractivity contribution in [2.45, 2.75) is 27.2 Å². The van der Waals surface area contributed by atoms with Gasteiger partial charge in [0, 0.05) is 50.2 Å². The lowest BCUT2D eigenvalue weighted by molar-refractivity contribution is -0.114. The number of aryl methyl sites for hydroxylation is 2. The van der Waals surface area contributed by atoms with Crippen LogP contribution >= 0.6 is 0 Å². The van der Waals surface area contributed by atoms with Crippen molar-refractivity contribution in [2.24, 2.45) is 0 Å². The first-order chi connectivity index (χ1) is 13.5. The van der Waals surface area contributed by atoms with Crippen LogP contribution in [0.2, 0.25) is 0 Å². The Balaban J connectivity index is 1.58. The van der Waals surface area contributed by atoms with Crippen LogP contribution in [0.5, 0.6) is 0 Å². The molecule has 0 bridgehead atoms. The highest BCUT2D eigenvalue weighted by Crippen LogP contribution is 2.27. The summed E-state index contributed by atoms with van der Waals surface area (Å²) < 4.78 is 0. The van der Waals surface area contributed by atoms with Gasteiger partial charge < -0.3 is 20.4 Å². The van der Waals surface area contributed by atoms with Gasteiger partial charge in [0.1, 0.15) is 0 Å². The first kappa shape index (κ1) is 19.7. The van der Waals surface area contributed by atoms with Gasteiger partial charge in [-0.25, -0.2) is 4.79 Å². The van der Waals surface area contributed by atoms with Gasteiger partial charge in [-0.1, -0.05) is 25.1 Å². The molecule has 1 aliphatic heterocycles. The Kier molecular flexibility index (Phi) is 6.19. The van der Waals surface area contributed by atoms with Crippen molar-refractivity contribution in [3.63, 3.8) is 0 Å². The number of carbonyl (C=O) groups excluding carboxylic acids is 2. The molecule has 0 atom stereocenters. The largest absolute Gasteiger partial charge is 0.368 e. The molecule has 0 unspecified atom stereocenters. The second kappa shape index (κ2) is 8.78. The van der Waals surface area contributed by atoms with Crippen LogP contribution in [0.1, 0.15) is 25.0 Å². The van der Waals surface area contributed by atoms with Gasteiger partial charge in [-0.15, -0.1) is 0 Å². The Hall–Kier alpha value is -3.02. The first-order valence-electron chi connectivity index (χ1n) is 9.75. The molecule has 6 nitrogen and oxygen atoms in total. The lowest BCUT2D eigenvalue weighted by atomic mass is 10.0. The SMILES string of the molecule is CCc1cccc(C)c1N1CCN(C(=O)Nc2ccc(NC(C)=O)cc2)CC1. The Labute approximate surface area is 166 Å². The highest BCUT2D eigenvalue weighted by atomic mass is 16.2. The van der Waals surface area contributed by atoms with Crippen LogP contribution in [0.15, 0.2) is 42.5 Å². The normalized spacial score (nSPS) is 14.0. The van der Waals surface area contributed by atoms with E-state index in [1.165, 1.54) is 23.7 Å². The smallest absolute Gasteiger partial charge is 0.321 e. The number of anilines is 3. The zero-order valence-electron chi connectivity index (χ0n) is 16.8.